The number of aliphatic hydroxyl groups excluding tert-OH is 1. The first kappa shape index (κ1) is 12.9. The first-order chi connectivity index (χ1) is 9.73. The normalized spacial score (nSPS) is 17.2. The Morgan fingerprint density at radius 3 is 2.10 bits per heavy atom. The predicted molar refractivity (Wildman–Crippen MR) is 78.0 cm³/mol. The fourth-order valence-electron chi connectivity index (χ4n) is 3.07. The molecule has 2 aromatic rings. The first-order valence-electron chi connectivity index (χ1n) is 6.93. The van der Waals surface area contributed by atoms with Crippen LogP contribution in [0, 0.1) is 16.7 Å². The molecule has 2 heteroatoms. The number of nitriles is 1. The van der Waals surface area contributed by atoms with Gasteiger partial charge in [-0.1, -0.05) is 54.6 Å². The van der Waals surface area contributed by atoms with E-state index in [1.54, 1.807) is 0 Å². The van der Waals surface area contributed by atoms with Crippen LogP contribution in [0.1, 0.15) is 16.7 Å². The van der Waals surface area contributed by atoms with Crippen LogP contribution in [0.2, 0.25) is 0 Å². The molecule has 1 aliphatic rings. The number of hydrogen-bond acceptors (Lipinski definition) is 2. The van der Waals surface area contributed by atoms with Crippen molar-refractivity contribution in [3.05, 3.63) is 71.3 Å². The zero-order valence-electron chi connectivity index (χ0n) is 11.3. The topological polar surface area (TPSA) is 44.0 Å². The molecule has 2 aromatic carbocycles. The van der Waals surface area contributed by atoms with E-state index in [1.807, 2.05) is 42.5 Å². The van der Waals surface area contributed by atoms with E-state index < -0.39 is 11.5 Å². The van der Waals surface area contributed by atoms with Gasteiger partial charge in [-0.15, -0.1) is 0 Å². The zero-order chi connectivity index (χ0) is 14.0. The lowest BCUT2D eigenvalue weighted by molar-refractivity contribution is 0.0701. The smallest absolute Gasteiger partial charge is 0.0915 e. The van der Waals surface area contributed by atoms with Crippen molar-refractivity contribution < 1.29 is 5.11 Å². The standard InChI is InChI=1S/C18H17NO/c19-13-18(11-15-8-4-5-9-16(15)12-18)17(20)10-14-6-2-1-3-7-14/h1-9,17,20H,10-12H2. The molecule has 0 fully saturated rings. The molecule has 0 saturated heterocycles. The van der Waals surface area contributed by atoms with Crippen LogP contribution < -0.4 is 0 Å². The molecule has 0 aromatic heterocycles. The minimum absolute atomic E-state index is 0.530. The number of fused-ring (bicyclic) bond motifs is 1. The van der Waals surface area contributed by atoms with E-state index in [-0.39, 0.29) is 0 Å². The van der Waals surface area contributed by atoms with Crippen LogP contribution in [0.3, 0.4) is 0 Å². The van der Waals surface area contributed by atoms with Gasteiger partial charge in [0.05, 0.1) is 17.6 Å². The molecule has 1 atom stereocenters. The summed E-state index contributed by atoms with van der Waals surface area (Å²) in [5.41, 5.74) is 2.78. The van der Waals surface area contributed by atoms with Gasteiger partial charge in [0.15, 0.2) is 0 Å². The monoisotopic (exact) mass is 263 g/mol. The Bertz CT molecular complexity index is 617. The van der Waals surface area contributed by atoms with Crippen LogP contribution in [-0.4, -0.2) is 11.2 Å². The van der Waals surface area contributed by atoms with Crippen molar-refractivity contribution in [3.8, 4) is 6.07 Å². The molecule has 0 aliphatic heterocycles. The summed E-state index contributed by atoms with van der Waals surface area (Å²) in [7, 11) is 0. The first-order valence-corrected chi connectivity index (χ1v) is 6.93. The molecule has 2 nitrogen and oxygen atoms in total. The summed E-state index contributed by atoms with van der Waals surface area (Å²) in [6.07, 6.45) is 1.19. The average Bonchev–Trinajstić information content (AvgIpc) is 2.88. The largest absolute Gasteiger partial charge is 0.391 e. The van der Waals surface area contributed by atoms with Gasteiger partial charge >= 0.3 is 0 Å². The summed E-state index contributed by atoms with van der Waals surface area (Å²) in [6, 6.07) is 20.4. The van der Waals surface area contributed by atoms with Gasteiger partial charge in [-0.05, 0) is 36.0 Å². The third-order valence-electron chi connectivity index (χ3n) is 4.26. The fraction of sp³-hybridized carbons (Fsp3) is 0.278. The summed E-state index contributed by atoms with van der Waals surface area (Å²) in [6.45, 7) is 0. The van der Waals surface area contributed by atoms with Crippen molar-refractivity contribution in [2.24, 2.45) is 5.41 Å². The number of hydrogen-bond donors (Lipinski definition) is 1. The Hall–Kier alpha value is -2.11. The van der Waals surface area contributed by atoms with E-state index in [1.165, 1.54) is 11.1 Å². The van der Waals surface area contributed by atoms with E-state index in [9.17, 15) is 10.4 Å². The van der Waals surface area contributed by atoms with Gasteiger partial charge in [0.25, 0.3) is 0 Å². The van der Waals surface area contributed by atoms with Gasteiger partial charge < -0.3 is 5.11 Å². The Morgan fingerprint density at radius 1 is 1.00 bits per heavy atom. The van der Waals surface area contributed by atoms with Crippen LogP contribution in [-0.2, 0) is 19.3 Å². The Morgan fingerprint density at radius 2 is 1.55 bits per heavy atom. The summed E-state index contributed by atoms with van der Waals surface area (Å²) in [4.78, 5) is 0. The highest BCUT2D eigenvalue weighted by Gasteiger charge is 2.43. The summed E-state index contributed by atoms with van der Waals surface area (Å²) in [5.74, 6) is 0. The molecular weight excluding hydrogens is 246 g/mol. The number of aliphatic hydroxyl groups is 1. The lowest BCUT2D eigenvalue weighted by atomic mass is 9.78. The maximum atomic E-state index is 10.6. The van der Waals surface area contributed by atoms with Crippen molar-refractivity contribution in [1.82, 2.24) is 0 Å². The van der Waals surface area contributed by atoms with Gasteiger partial charge in [-0.2, -0.15) is 5.26 Å². The minimum Gasteiger partial charge on any atom is -0.391 e. The maximum Gasteiger partial charge on any atom is 0.0915 e. The molecular formula is C18H17NO. The average molecular weight is 263 g/mol. The molecule has 0 amide bonds. The third-order valence-corrected chi connectivity index (χ3v) is 4.26. The number of rotatable bonds is 3. The molecule has 0 spiro atoms. The van der Waals surface area contributed by atoms with Crippen LogP contribution in [0.25, 0.3) is 0 Å². The minimum atomic E-state index is -0.681. The highest BCUT2D eigenvalue weighted by Crippen LogP contribution is 2.40. The molecule has 20 heavy (non-hydrogen) atoms. The SMILES string of the molecule is N#CC1(C(O)Cc2ccccc2)Cc2ccccc2C1. The van der Waals surface area contributed by atoms with Gasteiger partial charge in [0.2, 0.25) is 0 Å². The van der Waals surface area contributed by atoms with Crippen molar-refractivity contribution in [1.29, 1.82) is 5.26 Å². The molecule has 1 aliphatic carbocycles. The molecule has 1 unspecified atom stereocenters. The summed E-state index contributed by atoms with van der Waals surface area (Å²) in [5, 5.41) is 20.2. The lowest BCUT2D eigenvalue weighted by Gasteiger charge is -2.27. The van der Waals surface area contributed by atoms with E-state index in [2.05, 4.69) is 18.2 Å². The molecule has 100 valence electrons. The van der Waals surface area contributed by atoms with Gasteiger partial charge in [0, 0.05) is 0 Å². The Kier molecular flexibility index (Phi) is 3.30. The molecule has 0 saturated carbocycles. The van der Waals surface area contributed by atoms with Crippen molar-refractivity contribution in [2.75, 3.05) is 0 Å². The molecule has 0 radical (unpaired) electrons. The van der Waals surface area contributed by atoms with Crippen LogP contribution in [0.5, 0.6) is 0 Å². The second-order valence-electron chi connectivity index (χ2n) is 5.60. The molecule has 1 N–H and O–H groups in total. The predicted octanol–water partition coefficient (Wildman–Crippen LogP) is 2.90. The quantitative estimate of drug-likeness (QED) is 0.925. The van der Waals surface area contributed by atoms with Crippen LogP contribution >= 0.6 is 0 Å². The van der Waals surface area contributed by atoms with Crippen molar-refractivity contribution in [3.63, 3.8) is 0 Å². The van der Waals surface area contributed by atoms with E-state index in [0.29, 0.717) is 19.3 Å². The van der Waals surface area contributed by atoms with Crippen molar-refractivity contribution >= 4 is 0 Å². The fourth-order valence-corrected chi connectivity index (χ4v) is 3.07. The Labute approximate surface area is 119 Å². The highest BCUT2D eigenvalue weighted by molar-refractivity contribution is 5.38. The van der Waals surface area contributed by atoms with Crippen LogP contribution in [0.15, 0.2) is 54.6 Å². The third kappa shape index (κ3) is 2.21. The zero-order valence-corrected chi connectivity index (χ0v) is 11.3. The van der Waals surface area contributed by atoms with Gasteiger partial charge in [-0.3, -0.25) is 0 Å². The number of nitrogens with zero attached hydrogens (tertiary/aromatic N) is 1. The lowest BCUT2D eigenvalue weighted by Crippen LogP contribution is -2.36. The molecule has 3 rings (SSSR count). The molecule has 0 heterocycles. The second kappa shape index (κ2) is 5.11. The van der Waals surface area contributed by atoms with E-state index >= 15 is 0 Å². The number of benzene rings is 2. The molecule has 0 bridgehead atoms. The second-order valence-corrected chi connectivity index (χ2v) is 5.60. The van der Waals surface area contributed by atoms with Gasteiger partial charge in [-0.25, -0.2) is 0 Å². The summed E-state index contributed by atoms with van der Waals surface area (Å²) < 4.78 is 0. The van der Waals surface area contributed by atoms with Crippen molar-refractivity contribution in [2.45, 2.75) is 25.4 Å². The van der Waals surface area contributed by atoms with Gasteiger partial charge in [0.1, 0.15) is 0 Å². The van der Waals surface area contributed by atoms with E-state index in [0.717, 1.165) is 5.56 Å². The maximum absolute atomic E-state index is 10.6. The van der Waals surface area contributed by atoms with Crippen LogP contribution in [0.4, 0.5) is 0 Å². The Balaban J connectivity index is 1.83. The summed E-state index contributed by atoms with van der Waals surface area (Å²) >= 11 is 0. The highest BCUT2D eigenvalue weighted by atomic mass is 16.3. The van der Waals surface area contributed by atoms with E-state index in [4.69, 9.17) is 0 Å².